The molecule has 0 spiro atoms. The minimum absolute atomic E-state index is 0.154. The van der Waals surface area contributed by atoms with Gasteiger partial charge in [-0.05, 0) is 30.7 Å². The number of esters is 1. The summed E-state index contributed by atoms with van der Waals surface area (Å²) in [5.41, 5.74) is 0.956. The van der Waals surface area contributed by atoms with Gasteiger partial charge in [0.2, 0.25) is 6.79 Å². The van der Waals surface area contributed by atoms with Crippen molar-refractivity contribution in [2.75, 3.05) is 24.0 Å². The van der Waals surface area contributed by atoms with Gasteiger partial charge in [-0.15, -0.1) is 0 Å². The van der Waals surface area contributed by atoms with Crippen molar-refractivity contribution in [3.63, 3.8) is 0 Å². The monoisotopic (exact) mass is 407 g/mol. The molecule has 0 bridgehead atoms. The summed E-state index contributed by atoms with van der Waals surface area (Å²) in [6.45, 7) is 2.45. The molecule has 0 saturated heterocycles. The summed E-state index contributed by atoms with van der Waals surface area (Å²) in [5.74, 6) is 0.0250. The molecule has 1 aliphatic heterocycles. The smallest absolute Gasteiger partial charge is 0.340 e. The molecule has 154 valence electrons. The summed E-state index contributed by atoms with van der Waals surface area (Å²) >= 11 is 0. The van der Waals surface area contributed by atoms with Crippen LogP contribution >= 0.6 is 0 Å². The summed E-state index contributed by atoms with van der Waals surface area (Å²) < 4.78 is 15.8. The Hall–Kier alpha value is -3.99. The lowest BCUT2D eigenvalue weighted by Crippen LogP contribution is -2.17. The van der Waals surface area contributed by atoms with Crippen molar-refractivity contribution in [2.45, 2.75) is 19.8 Å². The Balaban J connectivity index is 1.69. The van der Waals surface area contributed by atoms with Crippen molar-refractivity contribution in [3.05, 3.63) is 59.8 Å². The molecule has 2 aromatic rings. The van der Waals surface area contributed by atoms with E-state index >= 15 is 0 Å². The Labute approximate surface area is 174 Å². The Morgan fingerprint density at radius 1 is 1.20 bits per heavy atom. The number of hydrogen-bond donors (Lipinski definition) is 2. The highest BCUT2D eigenvalue weighted by Gasteiger charge is 2.17. The molecule has 3 rings (SSSR count). The van der Waals surface area contributed by atoms with Crippen LogP contribution in [0.15, 0.2) is 54.2 Å². The van der Waals surface area contributed by atoms with Gasteiger partial charge in [0.05, 0.1) is 17.9 Å². The van der Waals surface area contributed by atoms with Gasteiger partial charge in [-0.2, -0.15) is 5.26 Å². The van der Waals surface area contributed by atoms with Crippen LogP contribution in [-0.4, -0.2) is 25.3 Å². The highest BCUT2D eigenvalue weighted by molar-refractivity contribution is 6.09. The van der Waals surface area contributed by atoms with E-state index in [1.54, 1.807) is 42.5 Å². The molecule has 30 heavy (non-hydrogen) atoms. The van der Waals surface area contributed by atoms with E-state index < -0.39 is 11.9 Å². The highest BCUT2D eigenvalue weighted by Crippen LogP contribution is 2.34. The van der Waals surface area contributed by atoms with E-state index in [1.807, 2.05) is 13.0 Å². The molecule has 0 saturated carbocycles. The largest absolute Gasteiger partial charge is 0.462 e. The highest BCUT2D eigenvalue weighted by atomic mass is 16.7. The number of benzene rings is 2. The van der Waals surface area contributed by atoms with Crippen molar-refractivity contribution >= 4 is 23.3 Å². The standard InChI is InChI=1S/C22H21N3O5/c1-2-3-10-28-22(27)17-6-4-5-7-18(17)25-21(26)15(12-23)13-24-16-8-9-19-20(11-16)30-14-29-19/h4-9,11,13,24H,2-3,10,14H2,1H3,(H,25,26)/b15-13-. The normalized spacial score (nSPS) is 12.1. The van der Waals surface area contributed by atoms with Gasteiger partial charge in [-0.1, -0.05) is 25.5 Å². The third-order valence-electron chi connectivity index (χ3n) is 4.25. The number of ether oxygens (including phenoxy) is 3. The zero-order valence-electron chi connectivity index (χ0n) is 16.4. The number of carbonyl (C=O) groups excluding carboxylic acids is 2. The zero-order valence-corrected chi connectivity index (χ0v) is 16.4. The van der Waals surface area contributed by atoms with Gasteiger partial charge < -0.3 is 24.8 Å². The van der Waals surface area contributed by atoms with Crippen molar-refractivity contribution in [1.82, 2.24) is 0 Å². The molecular formula is C22H21N3O5. The van der Waals surface area contributed by atoms with Crippen LogP contribution < -0.4 is 20.1 Å². The fraction of sp³-hybridized carbons (Fsp3) is 0.227. The first-order valence-electron chi connectivity index (χ1n) is 9.46. The molecule has 2 aromatic carbocycles. The summed E-state index contributed by atoms with van der Waals surface area (Å²) in [6, 6.07) is 13.5. The number of nitriles is 1. The number of anilines is 2. The van der Waals surface area contributed by atoms with Crippen molar-refractivity contribution in [3.8, 4) is 17.6 Å². The van der Waals surface area contributed by atoms with E-state index in [9.17, 15) is 14.9 Å². The van der Waals surface area contributed by atoms with Crippen LogP contribution in [0.4, 0.5) is 11.4 Å². The van der Waals surface area contributed by atoms with Crippen molar-refractivity contribution < 1.29 is 23.8 Å². The Bertz CT molecular complexity index is 1010. The first-order chi connectivity index (χ1) is 14.6. The van der Waals surface area contributed by atoms with Gasteiger partial charge in [-0.3, -0.25) is 4.79 Å². The summed E-state index contributed by atoms with van der Waals surface area (Å²) in [4.78, 5) is 24.8. The molecule has 0 atom stereocenters. The van der Waals surface area contributed by atoms with E-state index in [0.29, 0.717) is 23.8 Å². The van der Waals surface area contributed by atoms with Crippen LogP contribution in [0.1, 0.15) is 30.1 Å². The number of hydrogen-bond acceptors (Lipinski definition) is 7. The molecule has 1 heterocycles. The number of fused-ring (bicyclic) bond motifs is 1. The Kier molecular flexibility index (Phi) is 6.90. The average molecular weight is 407 g/mol. The molecule has 8 heteroatoms. The van der Waals surface area contributed by atoms with Crippen LogP contribution in [0, 0.1) is 11.3 Å². The topological polar surface area (TPSA) is 110 Å². The molecule has 1 amide bonds. The van der Waals surface area contributed by atoms with E-state index in [1.165, 1.54) is 6.20 Å². The second-order valence-electron chi connectivity index (χ2n) is 6.37. The SMILES string of the molecule is CCCCOC(=O)c1ccccc1NC(=O)/C(C#N)=C\Nc1ccc2c(c1)OCO2. The van der Waals surface area contributed by atoms with Gasteiger partial charge in [0.15, 0.2) is 11.5 Å². The minimum Gasteiger partial charge on any atom is -0.462 e. The maximum absolute atomic E-state index is 12.5. The number of amides is 1. The Morgan fingerprint density at radius 3 is 2.80 bits per heavy atom. The molecule has 1 aliphatic rings. The van der Waals surface area contributed by atoms with E-state index in [2.05, 4.69) is 10.6 Å². The molecule has 8 nitrogen and oxygen atoms in total. The molecule has 0 fully saturated rings. The predicted molar refractivity (Wildman–Crippen MR) is 110 cm³/mol. The van der Waals surface area contributed by atoms with E-state index in [0.717, 1.165) is 12.8 Å². The molecule has 0 radical (unpaired) electrons. The van der Waals surface area contributed by atoms with Gasteiger partial charge in [-0.25, -0.2) is 4.79 Å². The molecule has 0 aromatic heterocycles. The third kappa shape index (κ3) is 5.08. The predicted octanol–water partition coefficient (Wildman–Crippen LogP) is 3.83. The fourth-order valence-electron chi connectivity index (χ4n) is 2.64. The van der Waals surface area contributed by atoms with Crippen LogP contribution in [0.3, 0.4) is 0 Å². The first kappa shape index (κ1) is 20.7. The lowest BCUT2D eigenvalue weighted by Gasteiger charge is -2.10. The fourth-order valence-corrected chi connectivity index (χ4v) is 2.64. The van der Waals surface area contributed by atoms with Crippen LogP contribution in [-0.2, 0) is 9.53 Å². The number of unbranched alkanes of at least 4 members (excludes halogenated alkanes) is 1. The molecule has 2 N–H and O–H groups in total. The van der Waals surface area contributed by atoms with Crippen LogP contribution in [0.2, 0.25) is 0 Å². The molecule has 0 unspecified atom stereocenters. The number of carbonyl (C=O) groups is 2. The number of nitrogens with one attached hydrogen (secondary N) is 2. The number of rotatable bonds is 8. The van der Waals surface area contributed by atoms with Gasteiger partial charge in [0, 0.05) is 18.0 Å². The molecular weight excluding hydrogens is 386 g/mol. The van der Waals surface area contributed by atoms with Crippen LogP contribution in [0.5, 0.6) is 11.5 Å². The van der Waals surface area contributed by atoms with Crippen molar-refractivity contribution in [1.29, 1.82) is 5.26 Å². The average Bonchev–Trinajstić information content (AvgIpc) is 3.22. The summed E-state index contributed by atoms with van der Waals surface area (Å²) in [7, 11) is 0. The maximum Gasteiger partial charge on any atom is 0.340 e. The van der Waals surface area contributed by atoms with E-state index in [-0.39, 0.29) is 23.6 Å². The summed E-state index contributed by atoms with van der Waals surface area (Å²) in [6.07, 6.45) is 2.94. The first-order valence-corrected chi connectivity index (χ1v) is 9.46. The summed E-state index contributed by atoms with van der Waals surface area (Å²) in [5, 5.41) is 14.9. The quantitative estimate of drug-likeness (QED) is 0.296. The van der Waals surface area contributed by atoms with Crippen molar-refractivity contribution in [2.24, 2.45) is 0 Å². The number of para-hydroxylation sites is 1. The maximum atomic E-state index is 12.5. The number of nitrogens with zero attached hydrogens (tertiary/aromatic N) is 1. The van der Waals surface area contributed by atoms with Crippen LogP contribution in [0.25, 0.3) is 0 Å². The van der Waals surface area contributed by atoms with Gasteiger partial charge in [0.25, 0.3) is 5.91 Å². The lowest BCUT2D eigenvalue weighted by atomic mass is 10.1. The zero-order chi connectivity index (χ0) is 21.3. The van der Waals surface area contributed by atoms with Gasteiger partial charge >= 0.3 is 5.97 Å². The second-order valence-corrected chi connectivity index (χ2v) is 6.37. The Morgan fingerprint density at radius 2 is 2.00 bits per heavy atom. The lowest BCUT2D eigenvalue weighted by molar-refractivity contribution is -0.112. The van der Waals surface area contributed by atoms with Gasteiger partial charge in [0.1, 0.15) is 11.6 Å². The minimum atomic E-state index is -0.653. The van der Waals surface area contributed by atoms with E-state index in [4.69, 9.17) is 14.2 Å². The second kappa shape index (κ2) is 9.98. The third-order valence-corrected chi connectivity index (χ3v) is 4.25. The molecule has 0 aliphatic carbocycles.